The third-order valence-corrected chi connectivity index (χ3v) is 13.9. The Morgan fingerprint density at radius 1 is 0.787 bits per heavy atom. The number of anilines is 2. The lowest BCUT2D eigenvalue weighted by molar-refractivity contribution is 0.246. The molecule has 6 atom stereocenters. The van der Waals surface area contributed by atoms with Crippen LogP contribution in [0.3, 0.4) is 0 Å². The monoisotopic (exact) mass is 870 g/mol. The topological polar surface area (TPSA) is 301 Å². The van der Waals surface area contributed by atoms with Crippen molar-refractivity contribution in [3.05, 3.63) is 47.6 Å². The van der Waals surface area contributed by atoms with Crippen LogP contribution in [0.15, 0.2) is 36.6 Å². The number of aryl methyl sites for hydroxylation is 3. The molecule has 0 spiro atoms. The molecule has 9 heterocycles. The average Bonchev–Trinajstić information content (AvgIpc) is 4.12. The van der Waals surface area contributed by atoms with Crippen molar-refractivity contribution >= 4 is 69.5 Å². The van der Waals surface area contributed by atoms with Crippen molar-refractivity contribution in [3.63, 3.8) is 0 Å². The van der Waals surface area contributed by atoms with E-state index in [0.717, 1.165) is 67.8 Å². The standard InChI is InChI=1S/C19H26N10OS.C11H16N2OS.C7H8N8/c20-17-16-18(22-10-21-17)28(11-23-16)6-7-29-8-12(26-27-29)4-2-1-3-5-14-15-13(9-31-14)24-19(30)25-15;1-2-3-4-5-6-9-10-8(7-15-9)12-11(14)13-10;8-6-5-7(11-3-10-6)15(4-12-5)2-1-13-14-9/h8,10-11,13-15H,1-7,9H2,(H2,20,21,22)(H2,24,25,30);1,8-10H,3-7H2,(H2,12,13,14);3-4H,1-2H2,(H2,8,10,11)/t13-,14-,15-;8-,9-,10-;/m00./s1. The van der Waals surface area contributed by atoms with E-state index < -0.39 is 0 Å². The average molecular weight is 871 g/mol. The van der Waals surface area contributed by atoms with Crippen LogP contribution in [-0.4, -0.2) is 119 Å². The molecule has 0 aromatic carbocycles. The van der Waals surface area contributed by atoms with Gasteiger partial charge in [-0.05, 0) is 37.6 Å². The van der Waals surface area contributed by atoms with E-state index in [-0.39, 0.29) is 12.1 Å². The summed E-state index contributed by atoms with van der Waals surface area (Å²) in [7, 11) is 0. The minimum atomic E-state index is -0.0120. The molecular formula is C37H50N20O2S2. The first-order chi connectivity index (χ1) is 29.8. The zero-order valence-corrected chi connectivity index (χ0v) is 35.2. The molecule has 8 N–H and O–H groups in total. The van der Waals surface area contributed by atoms with E-state index in [0.29, 0.717) is 89.2 Å². The summed E-state index contributed by atoms with van der Waals surface area (Å²) in [6.45, 7) is 2.24. The molecule has 9 rings (SSSR count). The second-order valence-electron chi connectivity index (χ2n) is 15.0. The maximum absolute atomic E-state index is 11.5. The highest BCUT2D eigenvalue weighted by molar-refractivity contribution is 8.00. The minimum Gasteiger partial charge on any atom is -0.382 e. The van der Waals surface area contributed by atoms with Crippen LogP contribution in [-0.2, 0) is 26.1 Å². The fraction of sp³-hybridized carbons (Fsp3) is 0.568. The number of urea groups is 2. The van der Waals surface area contributed by atoms with Crippen LogP contribution in [0.2, 0.25) is 0 Å². The number of nitrogens with two attached hydrogens (primary N) is 2. The molecule has 322 valence electrons. The lowest BCUT2D eigenvalue weighted by Crippen LogP contribution is -2.36. The number of terminal acetylenes is 1. The van der Waals surface area contributed by atoms with Crippen molar-refractivity contribution in [2.45, 2.75) is 112 Å². The summed E-state index contributed by atoms with van der Waals surface area (Å²) < 4.78 is 5.57. The summed E-state index contributed by atoms with van der Waals surface area (Å²) in [6, 6.07) is 1.28. The number of aromatic nitrogens is 11. The number of carbonyl (C=O) groups excluding carboxylic acids is 2. The maximum Gasteiger partial charge on any atom is 0.315 e. The van der Waals surface area contributed by atoms with E-state index in [1.807, 2.05) is 39.0 Å². The SMILES string of the molecule is C#CCCCC[C@@H]1SC[C@@H]2NC(=O)N[C@@H]21.Nc1ncnc2c1ncn2CCn1cc(CCCCC[C@@H]2SC[C@@H]3NC(=O)N[C@@H]32)nn1.[N-]=[N+]=NCCn1cnc2c(N)ncnc21. The van der Waals surface area contributed by atoms with E-state index in [9.17, 15) is 9.59 Å². The number of amides is 4. The van der Waals surface area contributed by atoms with Gasteiger partial charge in [0.25, 0.3) is 0 Å². The molecule has 5 aromatic heterocycles. The number of fused-ring (bicyclic) bond motifs is 4. The van der Waals surface area contributed by atoms with Gasteiger partial charge in [0.15, 0.2) is 22.9 Å². The summed E-state index contributed by atoms with van der Waals surface area (Å²) in [4.78, 5) is 49.7. The fourth-order valence-electron chi connectivity index (χ4n) is 7.78. The van der Waals surface area contributed by atoms with Crippen molar-refractivity contribution in [3.8, 4) is 12.3 Å². The molecule has 0 unspecified atom stereocenters. The van der Waals surface area contributed by atoms with E-state index in [1.165, 1.54) is 25.5 Å². The molecule has 0 aliphatic carbocycles. The summed E-state index contributed by atoms with van der Waals surface area (Å²) in [5, 5.41) is 25.1. The highest BCUT2D eigenvalue weighted by atomic mass is 32.2. The lowest BCUT2D eigenvalue weighted by Gasteiger charge is -2.16. The predicted octanol–water partition coefficient (Wildman–Crippen LogP) is 3.03. The number of nitrogens with one attached hydrogen (secondary N) is 4. The molecule has 4 fully saturated rings. The second-order valence-corrected chi connectivity index (χ2v) is 17.5. The highest BCUT2D eigenvalue weighted by Crippen LogP contribution is 2.34. The normalized spacial score (nSPS) is 22.1. The molecule has 0 saturated carbocycles. The Morgan fingerprint density at radius 3 is 1.97 bits per heavy atom. The van der Waals surface area contributed by atoms with Crippen molar-refractivity contribution in [2.24, 2.45) is 5.11 Å². The zero-order chi connectivity index (χ0) is 42.6. The summed E-state index contributed by atoms with van der Waals surface area (Å²) in [5.41, 5.74) is 23.2. The molecule has 4 amide bonds. The van der Waals surface area contributed by atoms with Gasteiger partial charge in [-0.2, -0.15) is 23.5 Å². The number of azide groups is 1. The number of carbonyl (C=O) groups is 2. The van der Waals surface area contributed by atoms with E-state index in [1.54, 1.807) is 17.2 Å². The lowest BCUT2D eigenvalue weighted by atomic mass is 10.0. The first-order valence-corrected chi connectivity index (χ1v) is 22.4. The van der Waals surface area contributed by atoms with Gasteiger partial charge in [-0.25, -0.2) is 39.5 Å². The number of nitrogen functional groups attached to an aromatic ring is 2. The van der Waals surface area contributed by atoms with Gasteiger partial charge in [-0.3, -0.25) is 4.68 Å². The van der Waals surface area contributed by atoms with Crippen LogP contribution >= 0.6 is 23.5 Å². The Bertz CT molecular complexity index is 2350. The summed E-state index contributed by atoms with van der Waals surface area (Å²) in [5.74, 6) is 5.46. The fourth-order valence-corrected chi connectivity index (χ4v) is 10.9. The Kier molecular flexibility index (Phi) is 14.8. The van der Waals surface area contributed by atoms with Gasteiger partial charge in [-0.15, -0.1) is 17.4 Å². The van der Waals surface area contributed by atoms with Crippen molar-refractivity contribution in [2.75, 3.05) is 29.5 Å². The van der Waals surface area contributed by atoms with Gasteiger partial charge in [0.05, 0.1) is 49.1 Å². The van der Waals surface area contributed by atoms with Crippen LogP contribution in [0.1, 0.15) is 57.1 Å². The van der Waals surface area contributed by atoms with Gasteiger partial charge in [0.1, 0.15) is 23.7 Å². The molecule has 61 heavy (non-hydrogen) atoms. The third-order valence-electron chi connectivity index (χ3n) is 10.9. The number of thioether (sulfide) groups is 2. The Balaban J connectivity index is 0.000000156. The molecule has 4 saturated heterocycles. The largest absolute Gasteiger partial charge is 0.382 e. The van der Waals surface area contributed by atoms with Crippen LogP contribution in [0.5, 0.6) is 0 Å². The Hall–Kier alpha value is -6.05. The number of nitrogens with zero attached hydrogens (tertiary/aromatic N) is 14. The quantitative estimate of drug-likeness (QED) is 0.0208. The van der Waals surface area contributed by atoms with Gasteiger partial charge < -0.3 is 41.9 Å². The summed E-state index contributed by atoms with van der Waals surface area (Å²) in [6.07, 6.45) is 23.2. The molecule has 24 heteroatoms. The highest BCUT2D eigenvalue weighted by Gasteiger charge is 2.43. The van der Waals surface area contributed by atoms with E-state index >= 15 is 0 Å². The van der Waals surface area contributed by atoms with Crippen LogP contribution < -0.4 is 32.7 Å². The molecule has 0 radical (unpaired) electrons. The van der Waals surface area contributed by atoms with Crippen molar-refractivity contribution < 1.29 is 9.59 Å². The number of rotatable bonds is 16. The van der Waals surface area contributed by atoms with Gasteiger partial charge in [0, 0.05) is 59.2 Å². The van der Waals surface area contributed by atoms with Crippen LogP contribution in [0, 0.1) is 12.3 Å². The molecular weight excluding hydrogens is 821 g/mol. The van der Waals surface area contributed by atoms with Crippen molar-refractivity contribution in [1.82, 2.24) is 75.3 Å². The van der Waals surface area contributed by atoms with Gasteiger partial charge in [-0.1, -0.05) is 29.6 Å². The molecule has 0 bridgehead atoms. The van der Waals surface area contributed by atoms with Crippen LogP contribution in [0.4, 0.5) is 21.2 Å². The minimum absolute atomic E-state index is 0.000996. The first kappa shape index (κ1) is 43.1. The molecule has 4 aliphatic heterocycles. The maximum atomic E-state index is 11.5. The zero-order valence-electron chi connectivity index (χ0n) is 33.6. The Labute approximate surface area is 360 Å². The molecule has 22 nitrogen and oxygen atoms in total. The number of hydrogen-bond acceptors (Lipinski definition) is 15. The number of unbranched alkanes of at least 4 members (excludes halogenated alkanes) is 4. The van der Waals surface area contributed by atoms with Crippen molar-refractivity contribution in [1.29, 1.82) is 0 Å². The van der Waals surface area contributed by atoms with Gasteiger partial charge >= 0.3 is 12.1 Å². The number of imidazole rings is 2. The first-order valence-electron chi connectivity index (χ1n) is 20.3. The third kappa shape index (κ3) is 11.0. The van der Waals surface area contributed by atoms with Crippen LogP contribution in [0.25, 0.3) is 32.8 Å². The van der Waals surface area contributed by atoms with Gasteiger partial charge in [0.2, 0.25) is 0 Å². The second kappa shape index (κ2) is 21.0. The van der Waals surface area contributed by atoms with E-state index in [4.69, 9.17) is 23.4 Å². The predicted molar refractivity (Wildman–Crippen MR) is 234 cm³/mol. The van der Waals surface area contributed by atoms with E-state index in [2.05, 4.69) is 77.4 Å². The summed E-state index contributed by atoms with van der Waals surface area (Å²) >= 11 is 3.94. The Morgan fingerprint density at radius 2 is 1.38 bits per heavy atom. The molecule has 5 aromatic rings. The molecule has 4 aliphatic rings. The smallest absolute Gasteiger partial charge is 0.315 e. The number of hydrogen-bond donors (Lipinski definition) is 6.